The fraction of sp³-hybridized carbons (Fsp3) is 0.412. The zero-order valence-electron chi connectivity index (χ0n) is 13.0. The van der Waals surface area contributed by atoms with Gasteiger partial charge in [0.25, 0.3) is 0 Å². The summed E-state index contributed by atoms with van der Waals surface area (Å²) in [5, 5.41) is 1.26. The highest BCUT2D eigenvalue weighted by molar-refractivity contribution is 7.18. The molecule has 1 fully saturated rings. The minimum Gasteiger partial charge on any atom is -0.338 e. The Balaban J connectivity index is 1.60. The summed E-state index contributed by atoms with van der Waals surface area (Å²) in [6.45, 7) is 4.11. The topological polar surface area (TPSA) is 34.0 Å². The number of rotatable bonds is 3. The third-order valence-corrected chi connectivity index (χ3v) is 5.62. The minimum absolute atomic E-state index is 0.444. The van der Waals surface area contributed by atoms with Crippen molar-refractivity contribution in [2.24, 2.45) is 7.05 Å². The maximum Gasteiger partial charge on any atom is 0.111 e. The van der Waals surface area contributed by atoms with Crippen molar-refractivity contribution < 1.29 is 0 Å². The van der Waals surface area contributed by atoms with E-state index in [4.69, 9.17) is 4.98 Å². The Morgan fingerprint density at radius 1 is 1.27 bits per heavy atom. The van der Waals surface area contributed by atoms with Crippen LogP contribution in [0.3, 0.4) is 0 Å². The lowest BCUT2D eigenvalue weighted by atomic mass is 10.2. The number of aromatic nitrogens is 3. The molecular weight excluding hydrogens is 292 g/mol. The van der Waals surface area contributed by atoms with Gasteiger partial charge in [-0.2, -0.15) is 0 Å². The van der Waals surface area contributed by atoms with Crippen LogP contribution in [0.5, 0.6) is 0 Å². The summed E-state index contributed by atoms with van der Waals surface area (Å²) in [5.74, 6) is 1.07. The molecule has 22 heavy (non-hydrogen) atoms. The number of hydrogen-bond donors (Lipinski definition) is 0. The molecule has 1 saturated heterocycles. The zero-order valence-corrected chi connectivity index (χ0v) is 13.8. The highest BCUT2D eigenvalue weighted by atomic mass is 32.1. The largest absolute Gasteiger partial charge is 0.338 e. The van der Waals surface area contributed by atoms with Gasteiger partial charge in [0, 0.05) is 19.8 Å². The number of thiazole rings is 1. The van der Waals surface area contributed by atoms with Crippen molar-refractivity contribution in [2.75, 3.05) is 6.54 Å². The average molecular weight is 312 g/mol. The first-order valence-electron chi connectivity index (χ1n) is 7.79. The van der Waals surface area contributed by atoms with Crippen LogP contribution in [-0.4, -0.2) is 26.0 Å². The number of likely N-dealkylation sites (tertiary alicyclic amines) is 1. The lowest BCUT2D eigenvalue weighted by Gasteiger charge is -2.21. The predicted molar refractivity (Wildman–Crippen MR) is 90.0 cm³/mol. The molecule has 0 N–H and O–H groups in total. The highest BCUT2D eigenvalue weighted by Gasteiger charge is 2.29. The maximum absolute atomic E-state index is 4.86. The first-order valence-corrected chi connectivity index (χ1v) is 8.61. The molecule has 4 rings (SSSR count). The van der Waals surface area contributed by atoms with E-state index in [9.17, 15) is 0 Å². The van der Waals surface area contributed by atoms with Crippen LogP contribution in [0.15, 0.2) is 30.5 Å². The van der Waals surface area contributed by atoms with Crippen LogP contribution in [0.25, 0.3) is 10.2 Å². The smallest absolute Gasteiger partial charge is 0.111 e. The van der Waals surface area contributed by atoms with E-state index in [1.54, 1.807) is 0 Å². The van der Waals surface area contributed by atoms with Gasteiger partial charge in [-0.1, -0.05) is 12.1 Å². The zero-order chi connectivity index (χ0) is 15.1. The van der Waals surface area contributed by atoms with E-state index >= 15 is 0 Å². The number of imidazole rings is 1. The summed E-state index contributed by atoms with van der Waals surface area (Å²) in [4.78, 5) is 12.0. The molecule has 0 bridgehead atoms. The van der Waals surface area contributed by atoms with Crippen molar-refractivity contribution >= 4 is 21.6 Å². The van der Waals surface area contributed by atoms with Gasteiger partial charge < -0.3 is 4.57 Å². The molecule has 3 heterocycles. The van der Waals surface area contributed by atoms with E-state index in [2.05, 4.69) is 58.9 Å². The van der Waals surface area contributed by atoms with Crippen molar-refractivity contribution in [1.29, 1.82) is 0 Å². The van der Waals surface area contributed by atoms with Gasteiger partial charge in [-0.05, 0) is 38.4 Å². The summed E-state index contributed by atoms with van der Waals surface area (Å²) >= 11 is 1.84. The van der Waals surface area contributed by atoms with Gasteiger partial charge in [0.05, 0.1) is 22.0 Å². The molecule has 1 aliphatic rings. The first kappa shape index (κ1) is 13.9. The lowest BCUT2D eigenvalue weighted by molar-refractivity contribution is 0.245. The van der Waals surface area contributed by atoms with Crippen LogP contribution in [0.2, 0.25) is 0 Å². The molecule has 3 aromatic rings. The predicted octanol–water partition coefficient (Wildman–Crippen LogP) is 3.68. The number of fused-ring (bicyclic) bond motifs is 1. The maximum atomic E-state index is 4.86. The molecular formula is C17H20N4S. The first-order chi connectivity index (χ1) is 10.7. The molecule has 5 heteroatoms. The quantitative estimate of drug-likeness (QED) is 0.740. The van der Waals surface area contributed by atoms with E-state index in [1.165, 1.54) is 22.5 Å². The Bertz CT molecular complexity index is 751. The van der Waals surface area contributed by atoms with Gasteiger partial charge in [-0.15, -0.1) is 11.3 Å². The van der Waals surface area contributed by atoms with Crippen molar-refractivity contribution in [3.8, 4) is 0 Å². The Hall–Kier alpha value is -1.72. The lowest BCUT2D eigenvalue weighted by Crippen LogP contribution is -2.22. The minimum atomic E-state index is 0.444. The van der Waals surface area contributed by atoms with Crippen LogP contribution in [0, 0.1) is 6.92 Å². The molecule has 1 atom stereocenters. The normalized spacial score (nSPS) is 19.3. The molecule has 0 radical (unpaired) electrons. The molecule has 0 aliphatic carbocycles. The van der Waals surface area contributed by atoms with E-state index in [0.717, 1.165) is 30.1 Å². The number of aryl methyl sites for hydroxylation is 2. The highest BCUT2D eigenvalue weighted by Crippen LogP contribution is 2.37. The third kappa shape index (κ3) is 2.44. The van der Waals surface area contributed by atoms with Crippen molar-refractivity contribution in [3.05, 3.63) is 47.0 Å². The number of benzene rings is 1. The molecule has 114 valence electrons. The van der Waals surface area contributed by atoms with E-state index < -0.39 is 0 Å². The summed E-state index contributed by atoms with van der Waals surface area (Å²) in [6, 6.07) is 8.87. The molecule has 0 amide bonds. The van der Waals surface area contributed by atoms with Crippen LogP contribution >= 0.6 is 11.3 Å². The summed E-state index contributed by atoms with van der Waals surface area (Å²) < 4.78 is 3.39. The number of nitrogens with zero attached hydrogens (tertiary/aromatic N) is 4. The Labute approximate surface area is 134 Å². The Kier molecular flexibility index (Phi) is 3.47. The SMILES string of the molecule is Cc1nc(CN2CCCC2c2nc3ccccc3s2)cn1C. The molecule has 0 saturated carbocycles. The third-order valence-electron chi connectivity index (χ3n) is 4.48. The second-order valence-corrected chi connectivity index (χ2v) is 7.10. The van der Waals surface area contributed by atoms with Gasteiger partial charge in [-0.3, -0.25) is 4.90 Å². The van der Waals surface area contributed by atoms with Gasteiger partial charge >= 0.3 is 0 Å². The average Bonchev–Trinajstić information content (AvgIpc) is 3.18. The van der Waals surface area contributed by atoms with Gasteiger partial charge in [0.2, 0.25) is 0 Å². The van der Waals surface area contributed by atoms with E-state index in [-0.39, 0.29) is 0 Å². The molecule has 4 nitrogen and oxygen atoms in total. The molecule has 2 aromatic heterocycles. The fourth-order valence-corrected chi connectivity index (χ4v) is 4.38. The second-order valence-electron chi connectivity index (χ2n) is 6.04. The van der Waals surface area contributed by atoms with Gasteiger partial charge in [-0.25, -0.2) is 9.97 Å². The van der Waals surface area contributed by atoms with Crippen LogP contribution in [0.1, 0.15) is 35.4 Å². The summed E-state index contributed by atoms with van der Waals surface area (Å²) in [6.07, 6.45) is 4.58. The van der Waals surface area contributed by atoms with Crippen molar-refractivity contribution in [1.82, 2.24) is 19.4 Å². The number of para-hydroxylation sites is 1. The van der Waals surface area contributed by atoms with Crippen LogP contribution in [0.4, 0.5) is 0 Å². The standard InChI is InChI=1S/C17H20N4S/c1-12-18-13(10-20(12)2)11-21-9-5-7-15(21)17-19-14-6-3-4-8-16(14)22-17/h3-4,6,8,10,15H,5,7,9,11H2,1-2H3. The van der Waals surface area contributed by atoms with Crippen molar-refractivity contribution in [2.45, 2.75) is 32.4 Å². The van der Waals surface area contributed by atoms with E-state index in [1.807, 2.05) is 11.3 Å². The number of hydrogen-bond acceptors (Lipinski definition) is 4. The van der Waals surface area contributed by atoms with Crippen LogP contribution in [-0.2, 0) is 13.6 Å². The summed E-state index contributed by atoms with van der Waals surface area (Å²) in [5.41, 5.74) is 2.29. The molecule has 1 aromatic carbocycles. The second kappa shape index (κ2) is 5.48. The monoisotopic (exact) mass is 312 g/mol. The summed E-state index contributed by atoms with van der Waals surface area (Å²) in [7, 11) is 2.06. The Morgan fingerprint density at radius 2 is 2.14 bits per heavy atom. The van der Waals surface area contributed by atoms with Gasteiger partial charge in [0.15, 0.2) is 0 Å². The molecule has 1 aliphatic heterocycles. The molecule has 0 spiro atoms. The van der Waals surface area contributed by atoms with Gasteiger partial charge in [0.1, 0.15) is 10.8 Å². The van der Waals surface area contributed by atoms with Crippen LogP contribution < -0.4 is 0 Å². The van der Waals surface area contributed by atoms with E-state index in [0.29, 0.717) is 6.04 Å². The Morgan fingerprint density at radius 3 is 2.91 bits per heavy atom. The fourth-order valence-electron chi connectivity index (χ4n) is 3.24. The van der Waals surface area contributed by atoms with Crippen molar-refractivity contribution in [3.63, 3.8) is 0 Å². The molecule has 1 unspecified atom stereocenters.